The van der Waals surface area contributed by atoms with Gasteiger partial charge in [-0.05, 0) is 49.2 Å². The number of hydrogen-bond acceptors (Lipinski definition) is 5. The third-order valence-corrected chi connectivity index (χ3v) is 5.68. The Morgan fingerprint density at radius 1 is 1.42 bits per heavy atom. The lowest BCUT2D eigenvalue weighted by Crippen LogP contribution is -2.42. The minimum atomic E-state index is -1.28. The SMILES string of the molecule is CC(C)(C)OC(=O)NC1=N[C@@]2(c3cc(Br)c(F)cc3F)OCC[C@H]2CS1. The normalized spacial score (nSPS) is 25.5. The predicted octanol–water partition coefficient (Wildman–Crippen LogP) is 4.54. The Balaban J connectivity index is 1.95. The van der Waals surface area contributed by atoms with Crippen LogP contribution in [0.25, 0.3) is 0 Å². The number of aliphatic imine (C=N–C) groups is 1. The highest BCUT2D eigenvalue weighted by Crippen LogP contribution is 2.48. The number of halogens is 3. The number of rotatable bonds is 1. The molecule has 1 saturated heterocycles. The molecule has 1 fully saturated rings. The van der Waals surface area contributed by atoms with Gasteiger partial charge in [-0.15, -0.1) is 0 Å². The largest absolute Gasteiger partial charge is 0.444 e. The van der Waals surface area contributed by atoms with Crippen LogP contribution in [0.2, 0.25) is 0 Å². The van der Waals surface area contributed by atoms with Crippen molar-refractivity contribution < 1.29 is 23.0 Å². The Morgan fingerprint density at radius 2 is 2.15 bits per heavy atom. The molecule has 0 saturated carbocycles. The number of thioether (sulfide) groups is 1. The molecule has 0 radical (unpaired) electrons. The standard InChI is InChI=1S/C17H19BrF2N2O3S/c1-16(2,3)25-15(23)21-14-22-17(9(8-26-14)4-5-24-17)10-6-11(18)13(20)7-12(10)19/h6-7,9H,4-5,8H2,1-3H3,(H,21,22,23)/t9-,17+/m0/s1. The second kappa shape index (κ2) is 7.09. The Bertz CT molecular complexity index is 769. The summed E-state index contributed by atoms with van der Waals surface area (Å²) < 4.78 is 39.4. The molecular formula is C17H19BrF2N2O3S. The smallest absolute Gasteiger partial charge is 0.413 e. The first kappa shape index (κ1) is 19.6. The van der Waals surface area contributed by atoms with Crippen molar-refractivity contribution in [1.29, 1.82) is 0 Å². The summed E-state index contributed by atoms with van der Waals surface area (Å²) in [5, 5.41) is 2.88. The fourth-order valence-electron chi connectivity index (χ4n) is 2.96. The Labute approximate surface area is 163 Å². The predicted molar refractivity (Wildman–Crippen MR) is 99.1 cm³/mol. The molecule has 1 amide bonds. The average Bonchev–Trinajstić information content (AvgIpc) is 2.92. The third kappa shape index (κ3) is 3.89. The third-order valence-electron chi connectivity index (χ3n) is 4.03. The summed E-state index contributed by atoms with van der Waals surface area (Å²) in [5.41, 5.74) is -1.78. The zero-order valence-corrected chi connectivity index (χ0v) is 17.0. The Morgan fingerprint density at radius 3 is 2.85 bits per heavy atom. The van der Waals surface area contributed by atoms with Gasteiger partial charge in [0.1, 0.15) is 17.2 Å². The van der Waals surface area contributed by atoms with Gasteiger partial charge in [-0.1, -0.05) is 11.8 Å². The quantitative estimate of drug-likeness (QED) is 0.640. The van der Waals surface area contributed by atoms with E-state index >= 15 is 0 Å². The van der Waals surface area contributed by atoms with E-state index in [0.717, 1.165) is 6.07 Å². The molecule has 2 aliphatic heterocycles. The van der Waals surface area contributed by atoms with E-state index in [1.54, 1.807) is 20.8 Å². The second-order valence-electron chi connectivity index (χ2n) is 7.13. The first-order chi connectivity index (χ1) is 12.1. The van der Waals surface area contributed by atoms with Crippen LogP contribution in [0.5, 0.6) is 0 Å². The van der Waals surface area contributed by atoms with Crippen LogP contribution in [0.1, 0.15) is 32.8 Å². The monoisotopic (exact) mass is 448 g/mol. The van der Waals surface area contributed by atoms with Gasteiger partial charge < -0.3 is 9.47 Å². The maximum atomic E-state index is 14.5. The zero-order valence-electron chi connectivity index (χ0n) is 14.6. The number of carbonyl (C=O) groups is 1. The lowest BCUT2D eigenvalue weighted by molar-refractivity contribution is -0.0174. The summed E-state index contributed by atoms with van der Waals surface area (Å²) >= 11 is 4.44. The average molecular weight is 449 g/mol. The van der Waals surface area contributed by atoms with Crippen LogP contribution >= 0.6 is 27.7 Å². The van der Waals surface area contributed by atoms with E-state index in [1.807, 2.05) is 0 Å². The Kier molecular flexibility index (Phi) is 5.33. The summed E-state index contributed by atoms with van der Waals surface area (Å²) in [5.74, 6) is -0.921. The van der Waals surface area contributed by atoms with Crippen LogP contribution in [-0.4, -0.2) is 29.2 Å². The molecule has 2 heterocycles. The highest BCUT2D eigenvalue weighted by Gasteiger charge is 2.50. The number of carbonyl (C=O) groups excluding carboxylic acids is 1. The molecule has 2 atom stereocenters. The summed E-state index contributed by atoms with van der Waals surface area (Å²) in [6, 6.07) is 2.17. The van der Waals surface area contributed by atoms with Crippen molar-refractivity contribution in [2.45, 2.75) is 38.5 Å². The second-order valence-corrected chi connectivity index (χ2v) is 8.99. The molecular weight excluding hydrogens is 430 g/mol. The molecule has 0 aromatic heterocycles. The van der Waals surface area contributed by atoms with E-state index in [0.29, 0.717) is 18.8 Å². The van der Waals surface area contributed by atoms with E-state index in [9.17, 15) is 13.6 Å². The molecule has 0 spiro atoms. The van der Waals surface area contributed by atoms with Crippen LogP contribution < -0.4 is 5.32 Å². The molecule has 142 valence electrons. The maximum absolute atomic E-state index is 14.5. The van der Waals surface area contributed by atoms with Gasteiger partial charge in [0.15, 0.2) is 10.9 Å². The number of hydrogen-bond donors (Lipinski definition) is 1. The van der Waals surface area contributed by atoms with Crippen LogP contribution in [0.15, 0.2) is 21.6 Å². The van der Waals surface area contributed by atoms with Crippen molar-refractivity contribution in [2.75, 3.05) is 12.4 Å². The number of benzene rings is 1. The van der Waals surface area contributed by atoms with Crippen LogP contribution in [0.4, 0.5) is 13.6 Å². The fraction of sp³-hybridized carbons (Fsp3) is 0.529. The first-order valence-corrected chi connectivity index (χ1v) is 9.90. The van der Waals surface area contributed by atoms with Crippen molar-refractivity contribution in [1.82, 2.24) is 5.32 Å². The van der Waals surface area contributed by atoms with Gasteiger partial charge >= 0.3 is 6.09 Å². The molecule has 3 rings (SSSR count). The van der Waals surface area contributed by atoms with Crippen LogP contribution in [0.3, 0.4) is 0 Å². The number of amidine groups is 1. The molecule has 1 aromatic carbocycles. The molecule has 5 nitrogen and oxygen atoms in total. The topological polar surface area (TPSA) is 59.9 Å². The number of amides is 1. The number of alkyl carbamates (subject to hydrolysis) is 1. The maximum Gasteiger partial charge on any atom is 0.413 e. The van der Waals surface area contributed by atoms with E-state index in [4.69, 9.17) is 9.47 Å². The van der Waals surface area contributed by atoms with Gasteiger partial charge in [-0.25, -0.2) is 18.6 Å². The molecule has 2 aliphatic rings. The molecule has 0 aliphatic carbocycles. The van der Waals surface area contributed by atoms with Crippen LogP contribution in [0, 0.1) is 17.6 Å². The summed E-state index contributed by atoms with van der Waals surface area (Å²) in [6.45, 7) is 5.67. The van der Waals surface area contributed by atoms with Crippen molar-refractivity contribution in [3.8, 4) is 0 Å². The van der Waals surface area contributed by atoms with E-state index in [2.05, 4.69) is 26.2 Å². The zero-order chi connectivity index (χ0) is 19.1. The van der Waals surface area contributed by atoms with E-state index in [-0.39, 0.29) is 21.1 Å². The van der Waals surface area contributed by atoms with Crippen molar-refractivity contribution in [3.05, 3.63) is 33.8 Å². The molecule has 1 aromatic rings. The highest BCUT2D eigenvalue weighted by atomic mass is 79.9. The molecule has 9 heteroatoms. The number of nitrogens with zero attached hydrogens (tertiary/aromatic N) is 1. The molecule has 26 heavy (non-hydrogen) atoms. The fourth-order valence-corrected chi connectivity index (χ4v) is 4.41. The van der Waals surface area contributed by atoms with Crippen LogP contribution in [-0.2, 0) is 15.2 Å². The minimum absolute atomic E-state index is 0.0800. The highest BCUT2D eigenvalue weighted by molar-refractivity contribution is 9.10. The van der Waals surface area contributed by atoms with Gasteiger partial charge in [-0.2, -0.15) is 0 Å². The van der Waals surface area contributed by atoms with Gasteiger partial charge in [0, 0.05) is 23.3 Å². The van der Waals surface area contributed by atoms with Crippen molar-refractivity contribution >= 4 is 39.0 Å². The Hall–Kier alpha value is -1.19. The number of nitrogens with one attached hydrogen (secondary N) is 1. The van der Waals surface area contributed by atoms with Crippen molar-refractivity contribution in [3.63, 3.8) is 0 Å². The van der Waals surface area contributed by atoms with Gasteiger partial charge in [-0.3, -0.25) is 5.32 Å². The van der Waals surface area contributed by atoms with Gasteiger partial charge in [0.2, 0.25) is 0 Å². The first-order valence-electron chi connectivity index (χ1n) is 8.12. The lowest BCUT2D eigenvalue weighted by Gasteiger charge is -2.35. The lowest BCUT2D eigenvalue weighted by atomic mass is 9.90. The number of fused-ring (bicyclic) bond motifs is 1. The van der Waals surface area contributed by atoms with E-state index in [1.165, 1.54) is 17.8 Å². The summed E-state index contributed by atoms with van der Waals surface area (Å²) in [4.78, 5) is 16.5. The van der Waals surface area contributed by atoms with Gasteiger partial charge in [0.25, 0.3) is 0 Å². The van der Waals surface area contributed by atoms with E-state index < -0.39 is 29.1 Å². The van der Waals surface area contributed by atoms with Crippen molar-refractivity contribution in [2.24, 2.45) is 10.9 Å². The summed E-state index contributed by atoms with van der Waals surface area (Å²) in [6.07, 6.45) is 0.0566. The van der Waals surface area contributed by atoms with Gasteiger partial charge in [0.05, 0.1) is 11.1 Å². The minimum Gasteiger partial charge on any atom is -0.444 e. The summed E-state index contributed by atoms with van der Waals surface area (Å²) in [7, 11) is 0. The molecule has 0 unspecified atom stereocenters. The molecule has 1 N–H and O–H groups in total. The number of ether oxygens (including phenoxy) is 2. The molecule has 0 bridgehead atoms.